The molecule has 172 valence electrons. The SMILES string of the molecule is CC(C(=O)NCc1ccccc1Cl)N(Cc1ccc(F)cc1)C(=O)COc1ccccc1Cl. The van der Waals surface area contributed by atoms with Gasteiger partial charge in [0.15, 0.2) is 6.61 Å². The lowest BCUT2D eigenvalue weighted by molar-refractivity contribution is -0.142. The molecule has 0 saturated heterocycles. The van der Waals surface area contributed by atoms with Crippen LogP contribution < -0.4 is 10.1 Å². The number of rotatable bonds is 9. The topological polar surface area (TPSA) is 58.6 Å². The molecule has 0 aliphatic rings. The van der Waals surface area contributed by atoms with Crippen LogP contribution in [0, 0.1) is 5.82 Å². The first-order valence-electron chi connectivity index (χ1n) is 10.3. The lowest BCUT2D eigenvalue weighted by Crippen LogP contribution is -2.48. The monoisotopic (exact) mass is 488 g/mol. The summed E-state index contributed by atoms with van der Waals surface area (Å²) in [4.78, 5) is 27.3. The van der Waals surface area contributed by atoms with Gasteiger partial charge in [-0.1, -0.05) is 65.7 Å². The second-order valence-corrected chi connectivity index (χ2v) is 8.17. The van der Waals surface area contributed by atoms with Gasteiger partial charge >= 0.3 is 0 Å². The quantitative estimate of drug-likeness (QED) is 0.447. The van der Waals surface area contributed by atoms with Crippen LogP contribution in [0.25, 0.3) is 0 Å². The molecule has 0 aromatic heterocycles. The van der Waals surface area contributed by atoms with E-state index in [1.165, 1.54) is 17.0 Å². The molecule has 3 aromatic rings. The highest BCUT2D eigenvalue weighted by atomic mass is 35.5. The lowest BCUT2D eigenvalue weighted by Gasteiger charge is -2.29. The van der Waals surface area contributed by atoms with Gasteiger partial charge in [-0.3, -0.25) is 9.59 Å². The Morgan fingerprint density at radius 2 is 1.61 bits per heavy atom. The summed E-state index contributed by atoms with van der Waals surface area (Å²) in [5.41, 5.74) is 1.44. The summed E-state index contributed by atoms with van der Waals surface area (Å²) < 4.78 is 18.9. The van der Waals surface area contributed by atoms with Crippen molar-refractivity contribution in [3.63, 3.8) is 0 Å². The second kappa shape index (κ2) is 11.7. The molecule has 0 radical (unpaired) electrons. The molecule has 0 aliphatic heterocycles. The molecule has 0 bridgehead atoms. The maximum absolute atomic E-state index is 13.3. The van der Waals surface area contributed by atoms with Crippen LogP contribution >= 0.6 is 23.2 Å². The van der Waals surface area contributed by atoms with Gasteiger partial charge in [-0.15, -0.1) is 0 Å². The summed E-state index contributed by atoms with van der Waals surface area (Å²) in [6.45, 7) is 1.63. The molecule has 1 unspecified atom stereocenters. The lowest BCUT2D eigenvalue weighted by atomic mass is 10.1. The third-order valence-electron chi connectivity index (χ3n) is 5.03. The molecule has 1 N–H and O–H groups in total. The summed E-state index contributed by atoms with van der Waals surface area (Å²) in [6, 6.07) is 18.9. The molecule has 0 saturated carbocycles. The molecule has 3 aromatic carbocycles. The number of ether oxygens (including phenoxy) is 1. The van der Waals surface area contributed by atoms with Crippen molar-refractivity contribution in [2.24, 2.45) is 0 Å². The fourth-order valence-electron chi connectivity index (χ4n) is 3.13. The van der Waals surface area contributed by atoms with Crippen LogP contribution in [0.5, 0.6) is 5.75 Å². The predicted molar refractivity (Wildman–Crippen MR) is 127 cm³/mol. The molecule has 3 rings (SSSR count). The Morgan fingerprint density at radius 1 is 0.970 bits per heavy atom. The number of carbonyl (C=O) groups excluding carboxylic acids is 2. The van der Waals surface area contributed by atoms with Gasteiger partial charge in [0.05, 0.1) is 5.02 Å². The first-order valence-corrected chi connectivity index (χ1v) is 11.0. The number of nitrogens with zero attached hydrogens (tertiary/aromatic N) is 1. The van der Waals surface area contributed by atoms with Crippen molar-refractivity contribution in [3.8, 4) is 5.75 Å². The summed E-state index contributed by atoms with van der Waals surface area (Å²) in [7, 11) is 0. The number of carbonyl (C=O) groups is 2. The van der Waals surface area contributed by atoms with Crippen molar-refractivity contribution in [2.75, 3.05) is 6.61 Å². The average Bonchev–Trinajstić information content (AvgIpc) is 2.82. The van der Waals surface area contributed by atoms with E-state index in [9.17, 15) is 14.0 Å². The van der Waals surface area contributed by atoms with Crippen LogP contribution in [-0.2, 0) is 22.7 Å². The van der Waals surface area contributed by atoms with Gasteiger partial charge in [0.1, 0.15) is 17.6 Å². The van der Waals surface area contributed by atoms with Crippen LogP contribution in [0.3, 0.4) is 0 Å². The van der Waals surface area contributed by atoms with Crippen molar-refractivity contribution >= 4 is 35.0 Å². The minimum atomic E-state index is -0.820. The second-order valence-electron chi connectivity index (χ2n) is 7.35. The third-order valence-corrected chi connectivity index (χ3v) is 5.71. The Kier molecular flexibility index (Phi) is 8.69. The standard InChI is InChI=1S/C25H23Cl2FN2O3/c1-17(25(32)29-14-19-6-2-3-7-21(19)26)30(15-18-10-12-20(28)13-11-18)24(31)16-33-23-9-5-4-8-22(23)27/h2-13,17H,14-16H2,1H3,(H,29,32). The normalized spacial score (nSPS) is 11.5. The van der Waals surface area contributed by atoms with Gasteiger partial charge < -0.3 is 15.0 Å². The van der Waals surface area contributed by atoms with E-state index in [4.69, 9.17) is 27.9 Å². The van der Waals surface area contributed by atoms with Crippen LogP contribution in [0.2, 0.25) is 10.0 Å². The Balaban J connectivity index is 1.72. The zero-order chi connectivity index (χ0) is 23.8. The number of hydrogen-bond donors (Lipinski definition) is 1. The molecule has 33 heavy (non-hydrogen) atoms. The van der Waals surface area contributed by atoms with Gasteiger partial charge in [-0.05, 0) is 48.4 Å². The predicted octanol–water partition coefficient (Wildman–Crippen LogP) is 5.25. The first kappa shape index (κ1) is 24.6. The number of nitrogens with one attached hydrogen (secondary N) is 1. The van der Waals surface area contributed by atoms with Gasteiger partial charge in [0, 0.05) is 18.1 Å². The van der Waals surface area contributed by atoms with Gasteiger partial charge in [-0.2, -0.15) is 0 Å². The van der Waals surface area contributed by atoms with E-state index >= 15 is 0 Å². The van der Waals surface area contributed by atoms with E-state index < -0.39 is 11.9 Å². The Labute approximate surface area is 202 Å². The molecule has 0 aliphatic carbocycles. The molecule has 8 heteroatoms. The van der Waals surface area contributed by atoms with Crippen LogP contribution in [0.15, 0.2) is 72.8 Å². The average molecular weight is 489 g/mol. The van der Waals surface area contributed by atoms with E-state index in [1.54, 1.807) is 55.5 Å². The van der Waals surface area contributed by atoms with E-state index in [0.29, 0.717) is 21.4 Å². The van der Waals surface area contributed by atoms with E-state index in [0.717, 1.165) is 5.56 Å². The first-order chi connectivity index (χ1) is 15.8. The molecular weight excluding hydrogens is 466 g/mol. The number of halogens is 3. The fraction of sp³-hybridized carbons (Fsp3) is 0.200. The molecule has 0 spiro atoms. The van der Waals surface area contributed by atoms with Crippen LogP contribution in [-0.4, -0.2) is 29.4 Å². The molecular formula is C25H23Cl2FN2O3. The van der Waals surface area contributed by atoms with E-state index in [1.807, 2.05) is 12.1 Å². The molecule has 0 heterocycles. The highest BCUT2D eigenvalue weighted by Crippen LogP contribution is 2.23. The third kappa shape index (κ3) is 6.94. The maximum atomic E-state index is 13.3. The smallest absolute Gasteiger partial charge is 0.261 e. The number of amides is 2. The zero-order valence-corrected chi connectivity index (χ0v) is 19.4. The maximum Gasteiger partial charge on any atom is 0.261 e. The summed E-state index contributed by atoms with van der Waals surface area (Å²) in [5, 5.41) is 3.73. The van der Waals surface area contributed by atoms with Crippen molar-refractivity contribution in [2.45, 2.75) is 26.1 Å². The molecule has 0 fully saturated rings. The highest BCUT2D eigenvalue weighted by Gasteiger charge is 2.26. The number of hydrogen-bond acceptors (Lipinski definition) is 3. The molecule has 1 atom stereocenters. The zero-order valence-electron chi connectivity index (χ0n) is 17.9. The Hall–Kier alpha value is -3.09. The van der Waals surface area contributed by atoms with Crippen LogP contribution in [0.4, 0.5) is 4.39 Å². The van der Waals surface area contributed by atoms with Crippen molar-refractivity contribution in [3.05, 3.63) is 99.8 Å². The van der Waals surface area contributed by atoms with Gasteiger partial charge in [0.25, 0.3) is 5.91 Å². The molecule has 5 nitrogen and oxygen atoms in total. The highest BCUT2D eigenvalue weighted by molar-refractivity contribution is 6.32. The summed E-state index contributed by atoms with van der Waals surface area (Å²) in [6.07, 6.45) is 0. The van der Waals surface area contributed by atoms with Crippen molar-refractivity contribution in [1.82, 2.24) is 10.2 Å². The fourth-order valence-corrected chi connectivity index (χ4v) is 3.52. The number of benzene rings is 3. The number of para-hydroxylation sites is 1. The Bertz CT molecular complexity index is 1110. The van der Waals surface area contributed by atoms with Crippen molar-refractivity contribution < 1.29 is 18.7 Å². The van der Waals surface area contributed by atoms with Gasteiger partial charge in [0.2, 0.25) is 5.91 Å². The summed E-state index contributed by atoms with van der Waals surface area (Å²) >= 11 is 12.3. The van der Waals surface area contributed by atoms with Gasteiger partial charge in [-0.25, -0.2) is 4.39 Å². The Morgan fingerprint density at radius 3 is 2.27 bits per heavy atom. The molecule has 2 amide bonds. The van der Waals surface area contributed by atoms with Crippen molar-refractivity contribution in [1.29, 1.82) is 0 Å². The minimum Gasteiger partial charge on any atom is -0.482 e. The minimum absolute atomic E-state index is 0.103. The summed E-state index contributed by atoms with van der Waals surface area (Å²) in [5.74, 6) is -0.794. The van der Waals surface area contributed by atoms with Crippen LogP contribution in [0.1, 0.15) is 18.1 Å². The largest absolute Gasteiger partial charge is 0.482 e. The van der Waals surface area contributed by atoms with E-state index in [2.05, 4.69) is 5.32 Å². The van der Waals surface area contributed by atoms with E-state index in [-0.39, 0.29) is 31.4 Å².